The average molecular weight is 417 g/mol. The zero-order chi connectivity index (χ0) is 20.6. The molecule has 28 heavy (non-hydrogen) atoms. The second-order valence-electron chi connectivity index (χ2n) is 7.12. The van der Waals surface area contributed by atoms with Gasteiger partial charge in [-0.3, -0.25) is 0 Å². The average Bonchev–Trinajstić information content (AvgIpc) is 2.66. The molecule has 0 aliphatic carbocycles. The third-order valence-corrected chi connectivity index (χ3v) is 5.36. The molecule has 0 fully saturated rings. The summed E-state index contributed by atoms with van der Waals surface area (Å²) in [5, 5.41) is 32.4. The molecule has 0 radical (unpaired) electrons. The topological polar surface area (TPSA) is 60.7 Å². The zero-order valence-corrected chi connectivity index (χ0v) is 17.5. The Balaban J connectivity index is 2.32. The van der Waals surface area contributed by atoms with E-state index in [1.165, 1.54) is 0 Å². The van der Waals surface area contributed by atoms with E-state index in [0.717, 1.165) is 16.7 Å². The van der Waals surface area contributed by atoms with E-state index in [4.69, 9.17) is 23.2 Å². The first-order valence-electron chi connectivity index (χ1n) is 8.88. The molecule has 0 amide bonds. The lowest BCUT2D eigenvalue weighted by Gasteiger charge is -2.17. The van der Waals surface area contributed by atoms with Crippen LogP contribution in [0.2, 0.25) is 0 Å². The molecular weight excluding hydrogens is 395 g/mol. The monoisotopic (exact) mass is 416 g/mol. The molecule has 146 valence electrons. The van der Waals surface area contributed by atoms with Gasteiger partial charge >= 0.3 is 0 Å². The molecule has 0 saturated heterocycles. The minimum absolute atomic E-state index is 0.0200. The molecule has 0 bridgehead atoms. The summed E-state index contributed by atoms with van der Waals surface area (Å²) in [4.78, 5) is 0. The summed E-state index contributed by atoms with van der Waals surface area (Å²) in [7, 11) is 0. The van der Waals surface area contributed by atoms with Crippen LogP contribution >= 0.6 is 23.2 Å². The van der Waals surface area contributed by atoms with E-state index in [2.05, 4.69) is 0 Å². The van der Waals surface area contributed by atoms with Crippen molar-refractivity contribution in [3.8, 4) is 39.5 Å². The number of phenolic OH excluding ortho intramolecular Hbond substituents is 3. The smallest absolute Gasteiger partial charge is 0.131 e. The van der Waals surface area contributed by atoms with Crippen LogP contribution in [-0.4, -0.2) is 15.3 Å². The molecule has 0 unspecified atom stereocenters. The van der Waals surface area contributed by atoms with E-state index in [9.17, 15) is 15.3 Å². The van der Waals surface area contributed by atoms with Crippen LogP contribution in [0.15, 0.2) is 36.4 Å². The highest BCUT2D eigenvalue weighted by Crippen LogP contribution is 2.46. The third kappa shape index (κ3) is 3.65. The predicted molar refractivity (Wildman–Crippen MR) is 116 cm³/mol. The number of hydrogen-bond acceptors (Lipinski definition) is 3. The Morgan fingerprint density at radius 3 is 1.14 bits per heavy atom. The van der Waals surface area contributed by atoms with Gasteiger partial charge in [-0.15, -0.1) is 23.2 Å². The molecule has 0 heterocycles. The largest absolute Gasteiger partial charge is 0.507 e. The highest BCUT2D eigenvalue weighted by Gasteiger charge is 2.20. The number of benzene rings is 3. The van der Waals surface area contributed by atoms with Gasteiger partial charge in [0.15, 0.2) is 0 Å². The number of halogens is 2. The fourth-order valence-corrected chi connectivity index (χ4v) is 3.92. The van der Waals surface area contributed by atoms with Crippen molar-refractivity contribution in [3.05, 3.63) is 64.2 Å². The van der Waals surface area contributed by atoms with Crippen LogP contribution in [0, 0.1) is 20.8 Å². The van der Waals surface area contributed by atoms with E-state index in [0.29, 0.717) is 33.4 Å². The number of hydrogen-bond donors (Lipinski definition) is 3. The maximum atomic E-state index is 11.1. The van der Waals surface area contributed by atoms with Crippen LogP contribution in [0.5, 0.6) is 17.2 Å². The van der Waals surface area contributed by atoms with Gasteiger partial charge in [0.25, 0.3) is 0 Å². The SMILES string of the molecule is Cc1cc(CCl)c(O)c(-c2cc(C)cc(-c3cc(C)cc(CCl)c3O)c2O)c1. The highest BCUT2D eigenvalue weighted by molar-refractivity contribution is 6.17. The van der Waals surface area contributed by atoms with Gasteiger partial charge in [0.2, 0.25) is 0 Å². The summed E-state index contributed by atoms with van der Waals surface area (Å²) in [5.74, 6) is 0.397. The maximum Gasteiger partial charge on any atom is 0.131 e. The second-order valence-corrected chi connectivity index (χ2v) is 7.65. The van der Waals surface area contributed by atoms with Gasteiger partial charge in [-0.05, 0) is 61.7 Å². The second kappa shape index (κ2) is 7.94. The van der Waals surface area contributed by atoms with Crippen molar-refractivity contribution in [2.75, 3.05) is 0 Å². The van der Waals surface area contributed by atoms with Crippen LogP contribution < -0.4 is 0 Å². The lowest BCUT2D eigenvalue weighted by molar-refractivity contribution is 0.464. The van der Waals surface area contributed by atoms with Crippen molar-refractivity contribution in [3.63, 3.8) is 0 Å². The molecule has 0 spiro atoms. The van der Waals surface area contributed by atoms with E-state index >= 15 is 0 Å². The zero-order valence-electron chi connectivity index (χ0n) is 16.0. The quantitative estimate of drug-likeness (QED) is 0.423. The molecule has 0 aliphatic rings. The fraction of sp³-hybridized carbons (Fsp3) is 0.217. The highest BCUT2D eigenvalue weighted by atomic mass is 35.5. The van der Waals surface area contributed by atoms with Crippen LogP contribution in [0.25, 0.3) is 22.3 Å². The van der Waals surface area contributed by atoms with Gasteiger partial charge in [0, 0.05) is 33.4 Å². The van der Waals surface area contributed by atoms with E-state index < -0.39 is 0 Å². The first kappa shape index (κ1) is 20.4. The molecule has 0 atom stereocenters. The lowest BCUT2D eigenvalue weighted by atomic mass is 9.91. The molecular formula is C23H22Cl2O3. The summed E-state index contributed by atoms with van der Waals surface area (Å²) in [6.45, 7) is 5.72. The Bertz CT molecular complexity index is 978. The van der Waals surface area contributed by atoms with Gasteiger partial charge in [0.1, 0.15) is 17.2 Å². The summed E-state index contributed by atoms with van der Waals surface area (Å²) in [6.07, 6.45) is 0. The Morgan fingerprint density at radius 2 is 0.821 bits per heavy atom. The minimum atomic E-state index is -0.0200. The van der Waals surface area contributed by atoms with Crippen LogP contribution in [0.1, 0.15) is 27.8 Å². The molecule has 3 nitrogen and oxygen atoms in total. The van der Waals surface area contributed by atoms with Gasteiger partial charge < -0.3 is 15.3 Å². The van der Waals surface area contributed by atoms with E-state index in [1.54, 1.807) is 12.1 Å². The Morgan fingerprint density at radius 1 is 0.536 bits per heavy atom. The van der Waals surface area contributed by atoms with Crippen molar-refractivity contribution in [1.29, 1.82) is 0 Å². The first-order chi connectivity index (χ1) is 13.3. The predicted octanol–water partition coefficient (Wildman–Crippen LogP) is 6.54. The van der Waals surface area contributed by atoms with Crippen molar-refractivity contribution in [2.24, 2.45) is 0 Å². The molecule has 3 aromatic rings. The minimum Gasteiger partial charge on any atom is -0.507 e. The van der Waals surface area contributed by atoms with Crippen LogP contribution in [0.3, 0.4) is 0 Å². The molecule has 3 rings (SSSR count). The van der Waals surface area contributed by atoms with E-state index in [1.807, 2.05) is 45.0 Å². The normalized spacial score (nSPS) is 11.0. The van der Waals surface area contributed by atoms with Crippen LogP contribution in [-0.2, 0) is 11.8 Å². The summed E-state index contributed by atoms with van der Waals surface area (Å²) >= 11 is 11.9. The third-order valence-electron chi connectivity index (χ3n) is 4.79. The fourth-order valence-electron chi connectivity index (χ4n) is 3.51. The molecule has 0 aliphatic heterocycles. The summed E-state index contributed by atoms with van der Waals surface area (Å²) in [6, 6.07) is 10.9. The maximum absolute atomic E-state index is 11.1. The standard InChI is InChI=1S/C23H22Cl2O3/c1-12-4-15(10-24)21(26)17(6-12)19-8-14(3)9-20(23(19)28)18-7-13(2)5-16(11-25)22(18)27/h4-9,26-28H,10-11H2,1-3H3. The van der Waals surface area contributed by atoms with Gasteiger partial charge in [-0.1, -0.05) is 12.1 Å². The number of aryl methyl sites for hydroxylation is 3. The number of rotatable bonds is 4. The van der Waals surface area contributed by atoms with Crippen molar-refractivity contribution >= 4 is 23.2 Å². The molecule has 0 aromatic heterocycles. The number of aromatic hydroxyl groups is 3. The lowest BCUT2D eigenvalue weighted by Crippen LogP contribution is -1.93. The Hall–Kier alpha value is -2.36. The molecule has 5 heteroatoms. The number of phenols is 3. The summed E-state index contributed by atoms with van der Waals surface area (Å²) in [5.41, 5.74) is 5.90. The van der Waals surface area contributed by atoms with Gasteiger partial charge in [-0.25, -0.2) is 0 Å². The van der Waals surface area contributed by atoms with Gasteiger partial charge in [0.05, 0.1) is 11.8 Å². The van der Waals surface area contributed by atoms with Crippen molar-refractivity contribution in [1.82, 2.24) is 0 Å². The van der Waals surface area contributed by atoms with Crippen LogP contribution in [0.4, 0.5) is 0 Å². The first-order valence-corrected chi connectivity index (χ1v) is 9.95. The Kier molecular flexibility index (Phi) is 5.78. The molecule has 3 N–H and O–H groups in total. The van der Waals surface area contributed by atoms with Crippen molar-refractivity contribution in [2.45, 2.75) is 32.5 Å². The Labute approximate surface area is 174 Å². The molecule has 0 saturated carbocycles. The number of alkyl halides is 2. The van der Waals surface area contributed by atoms with E-state index in [-0.39, 0.29) is 29.0 Å². The van der Waals surface area contributed by atoms with Gasteiger partial charge in [-0.2, -0.15) is 0 Å². The van der Waals surface area contributed by atoms with Crippen molar-refractivity contribution < 1.29 is 15.3 Å². The summed E-state index contributed by atoms with van der Waals surface area (Å²) < 4.78 is 0. The molecule has 3 aromatic carbocycles.